The fraction of sp³-hybridized carbons (Fsp3) is 0.364. The van der Waals surface area contributed by atoms with Gasteiger partial charge in [-0.05, 0) is 26.0 Å². The molecule has 0 bridgehead atoms. The number of ether oxygens (including phenoxy) is 1. The molecule has 0 spiro atoms. The number of amides is 1. The van der Waals surface area contributed by atoms with Crippen molar-refractivity contribution in [3.05, 3.63) is 23.2 Å². The van der Waals surface area contributed by atoms with E-state index in [1.165, 1.54) is 25.3 Å². The van der Waals surface area contributed by atoms with E-state index in [2.05, 4.69) is 5.32 Å². The fourth-order valence-electron chi connectivity index (χ4n) is 0.971. The predicted molar refractivity (Wildman–Crippen MR) is 62.8 cm³/mol. The number of phenolic OH excluding ortho intramolecular Hbond substituents is 1. The summed E-state index contributed by atoms with van der Waals surface area (Å²) < 4.78 is 5.03. The van der Waals surface area contributed by atoms with E-state index in [0.29, 0.717) is 5.69 Å². The van der Waals surface area contributed by atoms with E-state index >= 15 is 0 Å². The summed E-state index contributed by atoms with van der Waals surface area (Å²) in [5, 5.41) is 12.1. The van der Waals surface area contributed by atoms with Gasteiger partial charge < -0.3 is 15.2 Å². The Labute approximate surface area is 99.2 Å². The van der Waals surface area contributed by atoms with Gasteiger partial charge in [-0.1, -0.05) is 11.6 Å². The predicted octanol–water partition coefficient (Wildman–Crippen LogP) is 2.41. The number of methoxy groups -OCH3 is 1. The van der Waals surface area contributed by atoms with E-state index in [1.54, 1.807) is 13.8 Å². The Hall–Kier alpha value is -1.26. The van der Waals surface area contributed by atoms with Gasteiger partial charge in [-0.25, -0.2) is 0 Å². The quantitative estimate of drug-likeness (QED) is 0.802. The van der Waals surface area contributed by atoms with Crippen molar-refractivity contribution in [2.75, 3.05) is 12.4 Å². The number of benzene rings is 1. The number of phenols is 1. The van der Waals surface area contributed by atoms with Gasteiger partial charge in [0.25, 0.3) is 5.91 Å². The fourth-order valence-corrected chi connectivity index (χ4v) is 1.19. The second kappa shape index (κ2) is 4.72. The summed E-state index contributed by atoms with van der Waals surface area (Å²) in [5.41, 5.74) is -0.490. The molecule has 0 heterocycles. The number of nitrogens with one attached hydrogen (secondary N) is 1. The second-order valence-corrected chi connectivity index (χ2v) is 4.24. The molecule has 1 amide bonds. The Bertz CT molecular complexity index is 404. The van der Waals surface area contributed by atoms with E-state index in [-0.39, 0.29) is 16.7 Å². The normalized spacial score (nSPS) is 11.2. The first-order valence-corrected chi connectivity index (χ1v) is 5.10. The summed E-state index contributed by atoms with van der Waals surface area (Å²) in [5.74, 6) is -0.253. The number of hydrogen-bond donors (Lipinski definition) is 2. The molecule has 0 fully saturated rings. The van der Waals surface area contributed by atoms with Gasteiger partial charge in [-0.2, -0.15) is 0 Å². The molecule has 0 aliphatic carbocycles. The van der Waals surface area contributed by atoms with Gasteiger partial charge in [-0.15, -0.1) is 0 Å². The highest BCUT2D eigenvalue weighted by molar-refractivity contribution is 6.33. The molecule has 4 nitrogen and oxygen atoms in total. The number of rotatable bonds is 3. The van der Waals surface area contributed by atoms with Gasteiger partial charge in [0.15, 0.2) is 0 Å². The minimum Gasteiger partial charge on any atom is -0.508 e. The Morgan fingerprint density at radius 1 is 1.50 bits per heavy atom. The number of carbonyl (C=O) groups is 1. The van der Waals surface area contributed by atoms with Crippen molar-refractivity contribution in [2.45, 2.75) is 19.4 Å². The van der Waals surface area contributed by atoms with Crippen LogP contribution in [-0.2, 0) is 9.53 Å². The number of aromatic hydroxyl groups is 1. The van der Waals surface area contributed by atoms with Crippen molar-refractivity contribution in [3.8, 4) is 5.75 Å². The van der Waals surface area contributed by atoms with Crippen LogP contribution < -0.4 is 5.32 Å². The molecule has 16 heavy (non-hydrogen) atoms. The summed E-state index contributed by atoms with van der Waals surface area (Å²) in [4.78, 5) is 11.7. The molecule has 0 saturated heterocycles. The molecule has 0 unspecified atom stereocenters. The van der Waals surface area contributed by atoms with Crippen molar-refractivity contribution in [3.63, 3.8) is 0 Å². The molecule has 2 N–H and O–H groups in total. The Balaban J connectivity index is 2.85. The summed E-state index contributed by atoms with van der Waals surface area (Å²) >= 11 is 5.85. The second-order valence-electron chi connectivity index (χ2n) is 3.83. The van der Waals surface area contributed by atoms with Crippen molar-refractivity contribution in [1.82, 2.24) is 0 Å². The first-order chi connectivity index (χ1) is 7.36. The molecule has 1 aromatic carbocycles. The summed E-state index contributed by atoms with van der Waals surface area (Å²) in [6.07, 6.45) is 0. The molecule has 0 aliphatic heterocycles. The lowest BCUT2D eigenvalue weighted by Crippen LogP contribution is -2.38. The van der Waals surface area contributed by atoms with E-state index in [1.807, 2.05) is 0 Å². The zero-order valence-electron chi connectivity index (χ0n) is 9.37. The minimum atomic E-state index is -0.929. The van der Waals surface area contributed by atoms with Gasteiger partial charge in [0.05, 0.1) is 10.7 Å². The maximum Gasteiger partial charge on any atom is 0.256 e. The average molecular weight is 244 g/mol. The Kier molecular flexibility index (Phi) is 3.78. The monoisotopic (exact) mass is 243 g/mol. The molecule has 0 atom stereocenters. The van der Waals surface area contributed by atoms with Crippen molar-refractivity contribution >= 4 is 23.2 Å². The highest BCUT2D eigenvalue weighted by Gasteiger charge is 2.27. The van der Waals surface area contributed by atoms with Crippen LogP contribution in [0.3, 0.4) is 0 Å². The van der Waals surface area contributed by atoms with E-state index < -0.39 is 5.60 Å². The van der Waals surface area contributed by atoms with E-state index in [4.69, 9.17) is 21.4 Å². The molecular formula is C11H14ClNO3. The highest BCUT2D eigenvalue weighted by atomic mass is 35.5. The third-order valence-corrected chi connectivity index (χ3v) is 2.57. The topological polar surface area (TPSA) is 58.6 Å². The highest BCUT2D eigenvalue weighted by Crippen LogP contribution is 2.26. The number of halogens is 1. The summed E-state index contributed by atoms with van der Waals surface area (Å²) in [6, 6.07) is 4.33. The first kappa shape index (κ1) is 12.8. The van der Waals surface area contributed by atoms with Crippen LogP contribution in [0.15, 0.2) is 18.2 Å². The van der Waals surface area contributed by atoms with Crippen LogP contribution in [0.1, 0.15) is 13.8 Å². The molecule has 0 saturated carbocycles. The lowest BCUT2D eigenvalue weighted by Gasteiger charge is -2.22. The van der Waals surface area contributed by atoms with Crippen LogP contribution in [0.2, 0.25) is 5.02 Å². The molecule has 0 aliphatic rings. The molecule has 0 aromatic heterocycles. The third kappa shape index (κ3) is 2.87. The van der Waals surface area contributed by atoms with Crippen molar-refractivity contribution in [1.29, 1.82) is 0 Å². The molecule has 1 rings (SSSR count). The van der Waals surface area contributed by atoms with Crippen LogP contribution in [0.4, 0.5) is 5.69 Å². The molecule has 88 valence electrons. The SMILES string of the molecule is COC(C)(C)C(=O)Nc1ccc(O)cc1Cl. The Morgan fingerprint density at radius 3 is 2.62 bits per heavy atom. The lowest BCUT2D eigenvalue weighted by atomic mass is 10.1. The molecule has 5 heteroatoms. The van der Waals surface area contributed by atoms with Crippen molar-refractivity contribution in [2.24, 2.45) is 0 Å². The van der Waals surface area contributed by atoms with Crippen molar-refractivity contribution < 1.29 is 14.6 Å². The van der Waals surface area contributed by atoms with Crippen LogP contribution >= 0.6 is 11.6 Å². The van der Waals surface area contributed by atoms with Gasteiger partial charge in [0.1, 0.15) is 11.4 Å². The first-order valence-electron chi connectivity index (χ1n) is 4.72. The van der Waals surface area contributed by atoms with Crippen LogP contribution in [0.5, 0.6) is 5.75 Å². The van der Waals surface area contributed by atoms with Gasteiger partial charge in [0, 0.05) is 13.2 Å². The van der Waals surface area contributed by atoms with Gasteiger partial charge in [-0.3, -0.25) is 4.79 Å². The maximum atomic E-state index is 11.7. The van der Waals surface area contributed by atoms with E-state index in [9.17, 15) is 4.79 Å². The number of carbonyl (C=O) groups excluding carboxylic acids is 1. The molecular weight excluding hydrogens is 230 g/mol. The largest absolute Gasteiger partial charge is 0.508 e. The third-order valence-electron chi connectivity index (χ3n) is 2.26. The molecule has 0 radical (unpaired) electrons. The number of anilines is 1. The van der Waals surface area contributed by atoms with Gasteiger partial charge >= 0.3 is 0 Å². The standard InChI is InChI=1S/C11H14ClNO3/c1-11(2,16-3)10(15)13-9-5-4-7(14)6-8(9)12/h4-6,14H,1-3H3,(H,13,15). The van der Waals surface area contributed by atoms with E-state index in [0.717, 1.165) is 0 Å². The van der Waals surface area contributed by atoms with Crippen LogP contribution in [0, 0.1) is 0 Å². The Morgan fingerprint density at radius 2 is 2.12 bits per heavy atom. The zero-order valence-corrected chi connectivity index (χ0v) is 10.1. The van der Waals surface area contributed by atoms with Gasteiger partial charge in [0.2, 0.25) is 0 Å². The van der Waals surface area contributed by atoms with Crippen LogP contribution in [-0.4, -0.2) is 23.7 Å². The molecule has 1 aromatic rings. The zero-order chi connectivity index (χ0) is 12.3. The summed E-state index contributed by atoms with van der Waals surface area (Å²) in [6.45, 7) is 3.30. The minimum absolute atomic E-state index is 0.0500. The summed E-state index contributed by atoms with van der Waals surface area (Å²) in [7, 11) is 1.46. The smallest absolute Gasteiger partial charge is 0.256 e. The van der Waals surface area contributed by atoms with Crippen LogP contribution in [0.25, 0.3) is 0 Å². The lowest BCUT2D eigenvalue weighted by molar-refractivity contribution is -0.133. The maximum absolute atomic E-state index is 11.7. The number of hydrogen-bond acceptors (Lipinski definition) is 3. The average Bonchev–Trinajstić information content (AvgIpc) is 2.22.